The third-order valence-electron chi connectivity index (χ3n) is 5.83. The third kappa shape index (κ3) is 4.18. The Hall–Kier alpha value is -3.76. The molecule has 3 heterocycles. The number of benzene rings is 1. The molecule has 4 rings (SSSR count). The van der Waals surface area contributed by atoms with E-state index in [0.29, 0.717) is 31.5 Å². The molecule has 2 aromatic rings. The van der Waals surface area contributed by atoms with E-state index in [4.69, 9.17) is 5.73 Å². The van der Waals surface area contributed by atoms with Crippen LogP contribution in [0, 0.1) is 18.7 Å². The van der Waals surface area contributed by atoms with Gasteiger partial charge in [-0.15, -0.1) is 0 Å². The predicted octanol–water partition coefficient (Wildman–Crippen LogP) is 0.984. The first-order valence-electron chi connectivity index (χ1n) is 10.3. The molecular weight excluding hydrogens is 419 g/mol. The van der Waals surface area contributed by atoms with Gasteiger partial charge in [-0.25, -0.2) is 4.39 Å². The molecule has 2 aliphatic heterocycles. The summed E-state index contributed by atoms with van der Waals surface area (Å²) in [6.07, 6.45) is 0.783. The minimum atomic E-state index is -1.12. The molecule has 0 radical (unpaired) electrons. The van der Waals surface area contributed by atoms with Crippen LogP contribution in [-0.4, -0.2) is 40.8 Å². The lowest BCUT2D eigenvalue weighted by atomic mass is 9.92. The van der Waals surface area contributed by atoms with E-state index in [1.165, 1.54) is 12.1 Å². The second-order valence-corrected chi connectivity index (χ2v) is 8.09. The van der Waals surface area contributed by atoms with E-state index in [9.17, 15) is 23.6 Å². The van der Waals surface area contributed by atoms with Crippen LogP contribution in [0.1, 0.15) is 36.3 Å². The molecule has 11 heteroatoms. The molecule has 0 bridgehead atoms. The molecule has 1 saturated heterocycles. The number of H-pyrrole nitrogens is 1. The fourth-order valence-electron chi connectivity index (χ4n) is 4.05. The fourth-order valence-corrected chi connectivity index (χ4v) is 4.05. The van der Waals surface area contributed by atoms with Gasteiger partial charge in [-0.1, -0.05) is 6.07 Å². The van der Waals surface area contributed by atoms with Crippen molar-refractivity contribution in [2.24, 2.45) is 11.7 Å². The summed E-state index contributed by atoms with van der Waals surface area (Å²) in [4.78, 5) is 58.2. The number of halogens is 1. The van der Waals surface area contributed by atoms with Gasteiger partial charge in [0.25, 0.3) is 5.56 Å². The van der Waals surface area contributed by atoms with Crippen LogP contribution in [0.4, 0.5) is 21.8 Å². The molecular formula is C21H23FN6O4. The maximum Gasteiger partial charge on any atom is 0.258 e. The average Bonchev–Trinajstić information content (AvgIpc) is 2.74. The Balaban J connectivity index is 1.60. The number of anilines is 3. The van der Waals surface area contributed by atoms with Crippen molar-refractivity contribution in [2.75, 3.05) is 28.6 Å². The number of rotatable bonds is 4. The number of amides is 3. The molecule has 2 aliphatic rings. The summed E-state index contributed by atoms with van der Waals surface area (Å²) >= 11 is 0. The fraction of sp³-hybridized carbons (Fsp3) is 0.381. The largest absolute Gasteiger partial charge is 0.369 e. The third-order valence-corrected chi connectivity index (χ3v) is 5.83. The van der Waals surface area contributed by atoms with Crippen LogP contribution in [-0.2, 0) is 14.4 Å². The number of carbonyl (C=O) groups excluding carboxylic acids is 3. The number of aromatic amines is 1. The molecule has 5 N–H and O–H groups in total. The van der Waals surface area contributed by atoms with Crippen molar-refractivity contribution in [1.82, 2.24) is 9.97 Å². The van der Waals surface area contributed by atoms with Crippen molar-refractivity contribution in [3.8, 4) is 0 Å². The van der Waals surface area contributed by atoms with Gasteiger partial charge in [0.2, 0.25) is 23.7 Å². The number of primary amides is 1. The average molecular weight is 442 g/mol. The zero-order valence-electron chi connectivity index (χ0n) is 17.4. The van der Waals surface area contributed by atoms with Crippen LogP contribution >= 0.6 is 0 Å². The van der Waals surface area contributed by atoms with Crippen molar-refractivity contribution < 1.29 is 18.8 Å². The van der Waals surface area contributed by atoms with Gasteiger partial charge in [-0.2, -0.15) is 4.98 Å². The first-order valence-corrected chi connectivity index (χ1v) is 10.3. The van der Waals surface area contributed by atoms with Crippen molar-refractivity contribution in [2.45, 2.75) is 32.1 Å². The zero-order valence-corrected chi connectivity index (χ0v) is 17.4. The number of fused-ring (bicyclic) bond motifs is 1. The first kappa shape index (κ1) is 21.5. The van der Waals surface area contributed by atoms with Crippen molar-refractivity contribution in [3.63, 3.8) is 0 Å². The molecule has 168 valence electrons. The van der Waals surface area contributed by atoms with Gasteiger partial charge >= 0.3 is 0 Å². The summed E-state index contributed by atoms with van der Waals surface area (Å²) in [7, 11) is 0. The van der Waals surface area contributed by atoms with E-state index >= 15 is 0 Å². The normalized spacial score (nSPS) is 18.6. The smallest absolute Gasteiger partial charge is 0.258 e. The summed E-state index contributed by atoms with van der Waals surface area (Å²) in [6.45, 7) is 2.63. The minimum Gasteiger partial charge on any atom is -0.369 e. The zero-order chi connectivity index (χ0) is 23.0. The van der Waals surface area contributed by atoms with Gasteiger partial charge in [0, 0.05) is 25.4 Å². The summed E-state index contributed by atoms with van der Waals surface area (Å²) in [6, 6.07) is 4.34. The second kappa shape index (κ2) is 8.40. The summed E-state index contributed by atoms with van der Waals surface area (Å²) in [5, 5.41) is 5.01. The predicted molar refractivity (Wildman–Crippen MR) is 115 cm³/mol. The van der Waals surface area contributed by atoms with E-state index in [-0.39, 0.29) is 41.3 Å². The van der Waals surface area contributed by atoms with Crippen LogP contribution in [0.15, 0.2) is 23.0 Å². The molecule has 0 spiro atoms. The van der Waals surface area contributed by atoms with Crippen molar-refractivity contribution in [1.29, 1.82) is 0 Å². The lowest BCUT2D eigenvalue weighted by Crippen LogP contribution is -2.41. The highest BCUT2D eigenvalue weighted by molar-refractivity contribution is 6.04. The van der Waals surface area contributed by atoms with Crippen LogP contribution in [0.5, 0.6) is 0 Å². The lowest BCUT2D eigenvalue weighted by molar-refractivity contribution is -0.123. The van der Waals surface area contributed by atoms with E-state index in [1.54, 1.807) is 17.9 Å². The maximum atomic E-state index is 14.2. The molecule has 3 amide bonds. The van der Waals surface area contributed by atoms with Crippen molar-refractivity contribution >= 4 is 35.2 Å². The van der Waals surface area contributed by atoms with E-state index in [2.05, 4.69) is 20.6 Å². The number of nitrogens with zero attached hydrogens (tertiary/aromatic N) is 2. The molecule has 1 fully saturated rings. The summed E-state index contributed by atoms with van der Waals surface area (Å²) < 4.78 is 14.2. The highest BCUT2D eigenvalue weighted by Crippen LogP contribution is 2.31. The highest BCUT2D eigenvalue weighted by atomic mass is 19.1. The molecule has 10 nitrogen and oxygen atoms in total. The molecule has 32 heavy (non-hydrogen) atoms. The summed E-state index contributed by atoms with van der Waals surface area (Å²) in [5.41, 5.74) is 5.47. The monoisotopic (exact) mass is 442 g/mol. The minimum absolute atomic E-state index is 0.00144. The molecule has 1 aromatic carbocycles. The quantitative estimate of drug-likeness (QED) is 0.554. The standard InChI is InChI=1S/C21H23FN6O4/c1-10-2-3-14(13(22)8-10)24-19(31)12-9-15(29)25-18-16(12)20(32)27-21(26-18)28-6-4-11(5-7-28)17(23)30/h2-3,8,11-12H,4-7,9H2,1H3,(H2,23,30)(H,24,31)(H2,25,26,27,29,32). The highest BCUT2D eigenvalue weighted by Gasteiger charge is 2.36. The van der Waals surface area contributed by atoms with Gasteiger partial charge in [-0.05, 0) is 37.5 Å². The first-order chi connectivity index (χ1) is 15.2. The molecule has 1 unspecified atom stereocenters. The van der Waals surface area contributed by atoms with Gasteiger partial charge in [-0.3, -0.25) is 24.2 Å². The Morgan fingerprint density at radius 2 is 1.97 bits per heavy atom. The van der Waals surface area contributed by atoms with E-state index < -0.39 is 29.1 Å². The number of nitrogens with one attached hydrogen (secondary N) is 3. The molecule has 0 aliphatic carbocycles. The van der Waals surface area contributed by atoms with Crippen LogP contribution in [0.3, 0.4) is 0 Å². The summed E-state index contributed by atoms with van der Waals surface area (Å²) in [5.74, 6) is -3.23. The number of carbonyl (C=O) groups is 3. The van der Waals surface area contributed by atoms with Crippen molar-refractivity contribution in [3.05, 3.63) is 45.5 Å². The van der Waals surface area contributed by atoms with Crippen LogP contribution in [0.2, 0.25) is 0 Å². The van der Waals surface area contributed by atoms with Gasteiger partial charge < -0.3 is 21.3 Å². The Labute approximate surface area is 182 Å². The Morgan fingerprint density at radius 3 is 2.62 bits per heavy atom. The number of hydrogen-bond donors (Lipinski definition) is 4. The van der Waals surface area contributed by atoms with Gasteiger partial charge in [0.15, 0.2) is 0 Å². The Morgan fingerprint density at radius 1 is 1.25 bits per heavy atom. The van der Waals surface area contributed by atoms with Gasteiger partial charge in [0.05, 0.1) is 17.2 Å². The number of aryl methyl sites for hydroxylation is 1. The Kier molecular flexibility index (Phi) is 5.64. The van der Waals surface area contributed by atoms with E-state index in [0.717, 1.165) is 0 Å². The Bertz CT molecular complexity index is 1160. The second-order valence-electron chi connectivity index (χ2n) is 8.09. The molecule has 1 aromatic heterocycles. The topological polar surface area (TPSA) is 150 Å². The number of aromatic nitrogens is 2. The molecule has 0 saturated carbocycles. The van der Waals surface area contributed by atoms with Crippen LogP contribution in [0.25, 0.3) is 0 Å². The van der Waals surface area contributed by atoms with Gasteiger partial charge in [0.1, 0.15) is 11.6 Å². The number of hydrogen-bond acceptors (Lipinski definition) is 6. The molecule has 1 atom stereocenters. The van der Waals surface area contributed by atoms with E-state index in [1.807, 2.05) is 0 Å². The number of nitrogens with two attached hydrogens (primary N) is 1. The van der Waals surface area contributed by atoms with Crippen LogP contribution < -0.4 is 26.8 Å². The lowest BCUT2D eigenvalue weighted by Gasteiger charge is -2.32. The SMILES string of the molecule is Cc1ccc(NC(=O)C2CC(=O)Nc3nc(N4CCC(C(N)=O)CC4)[nH]c(=O)c32)c(F)c1. The number of piperidine rings is 1. The maximum absolute atomic E-state index is 14.2.